The first kappa shape index (κ1) is 18.4. The van der Waals surface area contributed by atoms with Crippen LogP contribution in [0.1, 0.15) is 43.4 Å². The molecule has 134 valence electrons. The van der Waals surface area contributed by atoms with Gasteiger partial charge in [0.1, 0.15) is 5.72 Å². The van der Waals surface area contributed by atoms with Crippen LogP contribution in [0, 0.1) is 0 Å². The van der Waals surface area contributed by atoms with Gasteiger partial charge in [-0.1, -0.05) is 104 Å². The number of nitrogens with one attached hydrogen (secondary N) is 1. The van der Waals surface area contributed by atoms with Gasteiger partial charge in [-0.05, 0) is 30.0 Å². The van der Waals surface area contributed by atoms with Crippen LogP contribution in [-0.4, -0.2) is 10.8 Å². The molecule has 0 saturated carbocycles. The van der Waals surface area contributed by atoms with Gasteiger partial charge in [0, 0.05) is 0 Å². The largest absolute Gasteiger partial charge is 0.376 e. The lowest BCUT2D eigenvalue weighted by Crippen LogP contribution is -2.56. The van der Waals surface area contributed by atoms with Crippen LogP contribution in [0.15, 0.2) is 91.0 Å². The Morgan fingerprint density at radius 3 is 1.35 bits per heavy atom. The van der Waals surface area contributed by atoms with E-state index in [-0.39, 0.29) is 0 Å². The van der Waals surface area contributed by atoms with E-state index in [1.54, 1.807) is 0 Å². The monoisotopic (exact) mass is 345 g/mol. The van der Waals surface area contributed by atoms with Crippen molar-refractivity contribution in [3.05, 3.63) is 108 Å². The minimum Gasteiger partial charge on any atom is -0.376 e. The summed E-state index contributed by atoms with van der Waals surface area (Å²) in [5, 5.41) is 14.7. The molecule has 0 saturated heterocycles. The summed E-state index contributed by atoms with van der Waals surface area (Å²) in [4.78, 5) is 0. The second-order valence-electron chi connectivity index (χ2n) is 7.00. The molecule has 3 aromatic rings. The highest BCUT2D eigenvalue weighted by Crippen LogP contribution is 2.38. The molecule has 0 aliphatic rings. The van der Waals surface area contributed by atoms with Crippen LogP contribution in [0.5, 0.6) is 0 Å². The summed E-state index contributed by atoms with van der Waals surface area (Å²) in [6.07, 6.45) is 1.57. The van der Waals surface area contributed by atoms with Crippen LogP contribution in [0.25, 0.3) is 0 Å². The molecular formula is C24H27NO. The highest BCUT2D eigenvalue weighted by Gasteiger charge is 2.40. The van der Waals surface area contributed by atoms with E-state index in [0.717, 1.165) is 23.1 Å². The standard InChI is InChI=1S/C24H27NO/c1-3-19-23(2,26)25-24(20-13-7-4-8-14-20,21-15-9-5-10-16-21)22-17-11-6-12-18-22/h4-18,25-26H,3,19H2,1-2H3. The van der Waals surface area contributed by atoms with E-state index in [9.17, 15) is 5.11 Å². The average Bonchev–Trinajstić information content (AvgIpc) is 2.68. The minimum atomic E-state index is -1.00. The zero-order chi connectivity index (χ0) is 18.5. The lowest BCUT2D eigenvalue weighted by atomic mass is 9.76. The normalized spacial score (nSPS) is 14.0. The van der Waals surface area contributed by atoms with Crippen LogP contribution in [0.4, 0.5) is 0 Å². The van der Waals surface area contributed by atoms with Gasteiger partial charge in [0.2, 0.25) is 0 Å². The van der Waals surface area contributed by atoms with Gasteiger partial charge in [0.05, 0.1) is 5.54 Å². The Labute approximate surface area is 156 Å². The molecule has 0 bridgehead atoms. The van der Waals surface area contributed by atoms with Gasteiger partial charge in [-0.2, -0.15) is 0 Å². The molecule has 0 spiro atoms. The maximum atomic E-state index is 11.1. The molecule has 3 aromatic carbocycles. The van der Waals surface area contributed by atoms with Crippen LogP contribution in [0.3, 0.4) is 0 Å². The van der Waals surface area contributed by atoms with Crippen molar-refractivity contribution in [3.8, 4) is 0 Å². The van der Waals surface area contributed by atoms with E-state index in [1.807, 2.05) is 61.5 Å². The second-order valence-corrected chi connectivity index (χ2v) is 7.00. The number of hydrogen-bond donors (Lipinski definition) is 2. The zero-order valence-corrected chi connectivity index (χ0v) is 15.5. The van der Waals surface area contributed by atoms with Crippen molar-refractivity contribution in [1.29, 1.82) is 0 Å². The van der Waals surface area contributed by atoms with E-state index in [0.29, 0.717) is 6.42 Å². The number of aliphatic hydroxyl groups is 1. The summed E-state index contributed by atoms with van der Waals surface area (Å²) in [6.45, 7) is 3.95. The van der Waals surface area contributed by atoms with E-state index in [1.165, 1.54) is 0 Å². The van der Waals surface area contributed by atoms with Crippen molar-refractivity contribution in [2.75, 3.05) is 0 Å². The van der Waals surface area contributed by atoms with Gasteiger partial charge in [-0.3, -0.25) is 5.32 Å². The SMILES string of the molecule is CCCC(C)(O)NC(c1ccccc1)(c1ccccc1)c1ccccc1. The number of rotatable bonds is 7. The smallest absolute Gasteiger partial charge is 0.114 e. The molecule has 0 amide bonds. The van der Waals surface area contributed by atoms with Crippen LogP contribution in [0.2, 0.25) is 0 Å². The second kappa shape index (κ2) is 7.86. The fraction of sp³-hybridized carbons (Fsp3) is 0.250. The molecule has 26 heavy (non-hydrogen) atoms. The van der Waals surface area contributed by atoms with Crippen molar-refractivity contribution in [2.45, 2.75) is 38.0 Å². The van der Waals surface area contributed by atoms with Crippen molar-refractivity contribution >= 4 is 0 Å². The predicted octanol–water partition coefficient (Wildman–Crippen LogP) is 5.08. The quantitative estimate of drug-likeness (QED) is 0.462. The Morgan fingerprint density at radius 2 is 1.04 bits per heavy atom. The van der Waals surface area contributed by atoms with Crippen LogP contribution >= 0.6 is 0 Å². The van der Waals surface area contributed by atoms with Crippen molar-refractivity contribution in [3.63, 3.8) is 0 Å². The molecule has 0 aromatic heterocycles. The van der Waals surface area contributed by atoms with Gasteiger partial charge in [-0.25, -0.2) is 0 Å². The van der Waals surface area contributed by atoms with E-state index in [2.05, 4.69) is 48.6 Å². The molecule has 0 fully saturated rings. The number of hydrogen-bond acceptors (Lipinski definition) is 2. The Balaban J connectivity index is 2.28. The van der Waals surface area contributed by atoms with Crippen LogP contribution < -0.4 is 5.32 Å². The summed E-state index contributed by atoms with van der Waals surface area (Å²) in [7, 11) is 0. The first-order chi connectivity index (χ1) is 12.6. The van der Waals surface area contributed by atoms with E-state index < -0.39 is 11.3 Å². The minimum absolute atomic E-state index is 0.636. The molecule has 3 rings (SSSR count). The molecule has 1 atom stereocenters. The first-order valence-electron chi connectivity index (χ1n) is 9.27. The van der Waals surface area contributed by atoms with E-state index >= 15 is 0 Å². The highest BCUT2D eigenvalue weighted by molar-refractivity contribution is 5.49. The van der Waals surface area contributed by atoms with Gasteiger partial charge in [0.25, 0.3) is 0 Å². The third-order valence-electron chi connectivity index (χ3n) is 4.81. The lowest BCUT2D eigenvalue weighted by molar-refractivity contribution is -0.00450. The van der Waals surface area contributed by atoms with E-state index in [4.69, 9.17) is 0 Å². The molecular weight excluding hydrogens is 318 g/mol. The topological polar surface area (TPSA) is 32.3 Å². The molecule has 1 unspecified atom stereocenters. The maximum absolute atomic E-state index is 11.1. The Morgan fingerprint density at radius 1 is 0.692 bits per heavy atom. The first-order valence-corrected chi connectivity index (χ1v) is 9.27. The Bertz CT molecular complexity index is 701. The summed E-state index contributed by atoms with van der Waals surface area (Å²) >= 11 is 0. The summed E-state index contributed by atoms with van der Waals surface area (Å²) in [5.41, 5.74) is 1.68. The molecule has 0 aliphatic carbocycles. The third-order valence-corrected chi connectivity index (χ3v) is 4.81. The average molecular weight is 345 g/mol. The Hall–Kier alpha value is -2.42. The summed E-state index contributed by atoms with van der Waals surface area (Å²) < 4.78 is 0. The molecule has 0 heterocycles. The molecule has 2 nitrogen and oxygen atoms in total. The molecule has 0 aliphatic heterocycles. The molecule has 2 heteroatoms. The van der Waals surface area contributed by atoms with Gasteiger partial charge < -0.3 is 5.11 Å². The van der Waals surface area contributed by atoms with Gasteiger partial charge in [-0.15, -0.1) is 0 Å². The maximum Gasteiger partial charge on any atom is 0.114 e. The van der Waals surface area contributed by atoms with Crippen molar-refractivity contribution in [2.24, 2.45) is 0 Å². The molecule has 2 N–H and O–H groups in total. The lowest BCUT2D eigenvalue weighted by Gasteiger charge is -2.42. The predicted molar refractivity (Wildman–Crippen MR) is 108 cm³/mol. The Kier molecular flexibility index (Phi) is 5.55. The van der Waals surface area contributed by atoms with Crippen molar-refractivity contribution in [1.82, 2.24) is 5.32 Å². The summed E-state index contributed by atoms with van der Waals surface area (Å²) in [6, 6.07) is 31.1. The van der Waals surface area contributed by atoms with Crippen molar-refractivity contribution < 1.29 is 5.11 Å². The fourth-order valence-electron chi connectivity index (χ4n) is 3.73. The zero-order valence-electron chi connectivity index (χ0n) is 15.5. The third kappa shape index (κ3) is 3.72. The fourth-order valence-corrected chi connectivity index (χ4v) is 3.73. The van der Waals surface area contributed by atoms with Gasteiger partial charge in [0.15, 0.2) is 0 Å². The molecule has 0 radical (unpaired) electrons. The summed E-state index contributed by atoms with van der Waals surface area (Å²) in [5.74, 6) is 0. The van der Waals surface area contributed by atoms with Gasteiger partial charge >= 0.3 is 0 Å². The number of benzene rings is 3. The van der Waals surface area contributed by atoms with Crippen LogP contribution in [-0.2, 0) is 5.54 Å². The highest BCUT2D eigenvalue weighted by atomic mass is 16.3.